The van der Waals surface area contributed by atoms with Crippen LogP contribution in [0.5, 0.6) is 0 Å². The molecule has 0 spiro atoms. The van der Waals surface area contributed by atoms with Gasteiger partial charge < -0.3 is 20.3 Å². The standard InChI is InChI=1S/C15H33N3O/c1-4-17-15-5-8-18(9-6-15)10-12-19-11-7-16-13-14(2)3/h14-17H,4-13H2,1-3H3. The van der Waals surface area contributed by atoms with Gasteiger partial charge >= 0.3 is 0 Å². The van der Waals surface area contributed by atoms with Gasteiger partial charge in [0, 0.05) is 19.1 Å². The molecular weight excluding hydrogens is 238 g/mol. The van der Waals surface area contributed by atoms with Gasteiger partial charge in [-0.05, 0) is 44.9 Å². The van der Waals surface area contributed by atoms with Crippen molar-refractivity contribution in [3.63, 3.8) is 0 Å². The molecule has 114 valence electrons. The number of nitrogens with zero attached hydrogens (tertiary/aromatic N) is 1. The van der Waals surface area contributed by atoms with Crippen molar-refractivity contribution in [3.05, 3.63) is 0 Å². The Morgan fingerprint density at radius 2 is 1.95 bits per heavy atom. The van der Waals surface area contributed by atoms with Crippen molar-refractivity contribution in [2.45, 2.75) is 39.7 Å². The Kier molecular flexibility index (Phi) is 9.43. The lowest BCUT2D eigenvalue weighted by Crippen LogP contribution is -2.43. The molecule has 0 saturated carbocycles. The van der Waals surface area contributed by atoms with Crippen LogP contribution in [0.3, 0.4) is 0 Å². The molecular formula is C15H33N3O. The maximum atomic E-state index is 5.67. The molecule has 0 aliphatic carbocycles. The number of ether oxygens (including phenoxy) is 1. The first-order valence-corrected chi connectivity index (χ1v) is 7.96. The van der Waals surface area contributed by atoms with Crippen LogP contribution in [0.1, 0.15) is 33.6 Å². The molecule has 0 radical (unpaired) electrons. The number of hydrogen-bond donors (Lipinski definition) is 2. The zero-order valence-corrected chi connectivity index (χ0v) is 13.1. The molecule has 4 heteroatoms. The summed E-state index contributed by atoms with van der Waals surface area (Å²) in [6, 6.07) is 0.738. The van der Waals surface area contributed by atoms with Crippen LogP contribution in [0.25, 0.3) is 0 Å². The molecule has 2 N–H and O–H groups in total. The largest absolute Gasteiger partial charge is 0.379 e. The van der Waals surface area contributed by atoms with Crippen molar-refractivity contribution in [2.24, 2.45) is 5.92 Å². The van der Waals surface area contributed by atoms with Crippen molar-refractivity contribution in [1.29, 1.82) is 0 Å². The highest BCUT2D eigenvalue weighted by Gasteiger charge is 2.17. The van der Waals surface area contributed by atoms with Gasteiger partial charge in [-0.1, -0.05) is 20.8 Å². The molecule has 0 atom stereocenters. The average Bonchev–Trinajstić information content (AvgIpc) is 2.39. The second kappa shape index (κ2) is 10.6. The first-order chi connectivity index (χ1) is 9.22. The van der Waals surface area contributed by atoms with Crippen LogP contribution in [0.4, 0.5) is 0 Å². The quantitative estimate of drug-likeness (QED) is 0.588. The van der Waals surface area contributed by atoms with Crippen LogP contribution < -0.4 is 10.6 Å². The highest BCUT2D eigenvalue weighted by molar-refractivity contribution is 4.76. The van der Waals surface area contributed by atoms with Crippen molar-refractivity contribution in [3.8, 4) is 0 Å². The summed E-state index contributed by atoms with van der Waals surface area (Å²) in [5.41, 5.74) is 0. The van der Waals surface area contributed by atoms with Gasteiger partial charge in [-0.15, -0.1) is 0 Å². The molecule has 19 heavy (non-hydrogen) atoms. The first-order valence-electron chi connectivity index (χ1n) is 7.96. The van der Waals surface area contributed by atoms with Gasteiger partial charge in [-0.25, -0.2) is 0 Å². The second-order valence-electron chi connectivity index (χ2n) is 5.88. The van der Waals surface area contributed by atoms with Crippen molar-refractivity contribution in [2.75, 3.05) is 52.5 Å². The van der Waals surface area contributed by atoms with E-state index >= 15 is 0 Å². The molecule has 0 bridgehead atoms. The minimum Gasteiger partial charge on any atom is -0.379 e. The van der Waals surface area contributed by atoms with Crippen LogP contribution in [0.2, 0.25) is 0 Å². The first kappa shape index (κ1) is 16.9. The van der Waals surface area contributed by atoms with Gasteiger partial charge in [0.15, 0.2) is 0 Å². The third-order valence-electron chi connectivity index (χ3n) is 3.61. The molecule has 1 fully saturated rings. The highest BCUT2D eigenvalue weighted by atomic mass is 16.5. The molecule has 0 aromatic heterocycles. The summed E-state index contributed by atoms with van der Waals surface area (Å²) in [5, 5.41) is 6.93. The molecule has 1 aliphatic heterocycles. The van der Waals surface area contributed by atoms with Gasteiger partial charge in [-0.3, -0.25) is 0 Å². The summed E-state index contributed by atoms with van der Waals surface area (Å²) in [6.07, 6.45) is 2.56. The SMILES string of the molecule is CCNC1CCN(CCOCCNCC(C)C)CC1. The summed E-state index contributed by atoms with van der Waals surface area (Å²) >= 11 is 0. The summed E-state index contributed by atoms with van der Waals surface area (Å²) in [7, 11) is 0. The Bertz CT molecular complexity index is 204. The van der Waals surface area contributed by atoms with Gasteiger partial charge in [0.1, 0.15) is 0 Å². The Morgan fingerprint density at radius 3 is 2.58 bits per heavy atom. The fourth-order valence-electron chi connectivity index (χ4n) is 2.48. The van der Waals surface area contributed by atoms with E-state index in [0.29, 0.717) is 0 Å². The average molecular weight is 271 g/mol. The van der Waals surface area contributed by atoms with Gasteiger partial charge in [0.2, 0.25) is 0 Å². The zero-order valence-electron chi connectivity index (χ0n) is 13.1. The van der Waals surface area contributed by atoms with E-state index in [9.17, 15) is 0 Å². The second-order valence-corrected chi connectivity index (χ2v) is 5.88. The molecule has 1 saturated heterocycles. The molecule has 0 aromatic rings. The van der Waals surface area contributed by atoms with E-state index in [2.05, 4.69) is 36.3 Å². The van der Waals surface area contributed by atoms with Crippen molar-refractivity contribution in [1.82, 2.24) is 15.5 Å². The topological polar surface area (TPSA) is 36.5 Å². The predicted octanol–water partition coefficient (Wildman–Crippen LogP) is 1.32. The maximum absolute atomic E-state index is 5.67. The summed E-state index contributed by atoms with van der Waals surface area (Å²) in [4.78, 5) is 2.52. The number of rotatable bonds is 10. The summed E-state index contributed by atoms with van der Waals surface area (Å²) < 4.78 is 5.67. The molecule has 1 heterocycles. The lowest BCUT2D eigenvalue weighted by molar-refractivity contribution is 0.0930. The zero-order chi connectivity index (χ0) is 13.9. The lowest BCUT2D eigenvalue weighted by atomic mass is 10.1. The Balaban J connectivity index is 1.88. The normalized spacial score (nSPS) is 18.3. The van der Waals surface area contributed by atoms with Gasteiger partial charge in [-0.2, -0.15) is 0 Å². The Morgan fingerprint density at radius 1 is 1.21 bits per heavy atom. The maximum Gasteiger partial charge on any atom is 0.0594 e. The highest BCUT2D eigenvalue weighted by Crippen LogP contribution is 2.09. The summed E-state index contributed by atoms with van der Waals surface area (Å²) in [6.45, 7) is 15.0. The van der Waals surface area contributed by atoms with Crippen LogP contribution in [-0.4, -0.2) is 63.4 Å². The minimum atomic E-state index is 0.720. The lowest BCUT2D eigenvalue weighted by Gasteiger charge is -2.32. The Labute approximate surface area is 119 Å². The third kappa shape index (κ3) is 8.58. The molecule has 4 nitrogen and oxygen atoms in total. The van der Waals surface area contributed by atoms with Crippen molar-refractivity contribution < 1.29 is 4.74 Å². The van der Waals surface area contributed by atoms with Crippen LogP contribution in [-0.2, 0) is 4.74 Å². The smallest absolute Gasteiger partial charge is 0.0594 e. The van der Waals surface area contributed by atoms with E-state index < -0.39 is 0 Å². The Hall–Kier alpha value is -0.160. The number of nitrogens with one attached hydrogen (secondary N) is 2. The number of piperidine rings is 1. The molecule has 1 rings (SSSR count). The number of likely N-dealkylation sites (tertiary alicyclic amines) is 1. The van der Waals surface area contributed by atoms with E-state index in [1.807, 2.05) is 0 Å². The molecule has 0 aromatic carbocycles. The van der Waals surface area contributed by atoms with E-state index in [1.54, 1.807) is 0 Å². The molecule has 0 unspecified atom stereocenters. The third-order valence-corrected chi connectivity index (χ3v) is 3.61. The van der Waals surface area contributed by atoms with Crippen LogP contribution >= 0.6 is 0 Å². The molecule has 0 amide bonds. The van der Waals surface area contributed by atoms with Gasteiger partial charge in [0.25, 0.3) is 0 Å². The predicted molar refractivity (Wildman–Crippen MR) is 81.7 cm³/mol. The summed E-state index contributed by atoms with van der Waals surface area (Å²) in [5.74, 6) is 0.720. The number of hydrogen-bond acceptors (Lipinski definition) is 4. The minimum absolute atomic E-state index is 0.720. The van der Waals surface area contributed by atoms with E-state index in [4.69, 9.17) is 4.74 Å². The van der Waals surface area contributed by atoms with Crippen molar-refractivity contribution >= 4 is 0 Å². The fraction of sp³-hybridized carbons (Fsp3) is 1.00. The van der Waals surface area contributed by atoms with E-state index in [0.717, 1.165) is 51.4 Å². The van der Waals surface area contributed by atoms with E-state index in [1.165, 1.54) is 25.9 Å². The van der Waals surface area contributed by atoms with E-state index in [-0.39, 0.29) is 0 Å². The van der Waals surface area contributed by atoms with Crippen LogP contribution in [0.15, 0.2) is 0 Å². The van der Waals surface area contributed by atoms with Crippen LogP contribution in [0, 0.1) is 5.92 Å². The fourth-order valence-corrected chi connectivity index (χ4v) is 2.48. The monoisotopic (exact) mass is 271 g/mol. The van der Waals surface area contributed by atoms with Gasteiger partial charge in [0.05, 0.1) is 13.2 Å². The molecule has 1 aliphatic rings.